The molecule has 0 spiro atoms. The van der Waals surface area contributed by atoms with Gasteiger partial charge in [-0.25, -0.2) is 0 Å². The highest BCUT2D eigenvalue weighted by Gasteiger charge is 2.25. The van der Waals surface area contributed by atoms with E-state index in [0.29, 0.717) is 6.04 Å². The zero-order valence-electron chi connectivity index (χ0n) is 10.4. The van der Waals surface area contributed by atoms with E-state index in [9.17, 15) is 4.79 Å². The molecule has 0 saturated heterocycles. The van der Waals surface area contributed by atoms with Crippen LogP contribution in [-0.2, 0) is 4.79 Å². The topological polar surface area (TPSA) is 49.3 Å². The summed E-state index contributed by atoms with van der Waals surface area (Å²) in [5, 5.41) is 13.1. The van der Waals surface area contributed by atoms with Crippen molar-refractivity contribution in [2.75, 3.05) is 5.32 Å². The molecular weight excluding hydrogens is 250 g/mol. The number of anilines is 1. The van der Waals surface area contributed by atoms with Crippen molar-refractivity contribution in [2.24, 2.45) is 5.92 Å². The standard InChI is InChI=1S/C14H18ClNO2/c1-9-2-5-12(8-13(9)15)16-11-6-3-10(4-7-11)14(17)18/h2,5,8,10-11,16H,3-4,6-7H2,1H3,(H,17,18). The monoisotopic (exact) mass is 267 g/mol. The first kappa shape index (κ1) is 13.2. The van der Waals surface area contributed by atoms with Crippen LogP contribution in [0.4, 0.5) is 5.69 Å². The smallest absolute Gasteiger partial charge is 0.306 e. The minimum Gasteiger partial charge on any atom is -0.481 e. The van der Waals surface area contributed by atoms with Gasteiger partial charge < -0.3 is 10.4 Å². The maximum absolute atomic E-state index is 10.9. The second kappa shape index (κ2) is 5.61. The number of benzene rings is 1. The molecule has 0 bridgehead atoms. The van der Waals surface area contributed by atoms with Gasteiger partial charge in [0.25, 0.3) is 0 Å². The van der Waals surface area contributed by atoms with Gasteiger partial charge in [-0.3, -0.25) is 4.79 Å². The lowest BCUT2D eigenvalue weighted by molar-refractivity contribution is -0.142. The summed E-state index contributed by atoms with van der Waals surface area (Å²) in [6, 6.07) is 6.30. The summed E-state index contributed by atoms with van der Waals surface area (Å²) in [5.74, 6) is -0.823. The summed E-state index contributed by atoms with van der Waals surface area (Å²) in [5.41, 5.74) is 2.08. The summed E-state index contributed by atoms with van der Waals surface area (Å²) in [6.07, 6.45) is 3.32. The number of aryl methyl sites for hydroxylation is 1. The van der Waals surface area contributed by atoms with Crippen LogP contribution in [0, 0.1) is 12.8 Å². The average Bonchev–Trinajstić information content (AvgIpc) is 2.34. The highest BCUT2D eigenvalue weighted by atomic mass is 35.5. The van der Waals surface area contributed by atoms with E-state index in [1.807, 2.05) is 25.1 Å². The van der Waals surface area contributed by atoms with Crippen molar-refractivity contribution in [1.29, 1.82) is 0 Å². The van der Waals surface area contributed by atoms with E-state index in [2.05, 4.69) is 5.32 Å². The number of halogens is 1. The van der Waals surface area contributed by atoms with Crippen molar-refractivity contribution in [3.05, 3.63) is 28.8 Å². The van der Waals surface area contributed by atoms with Gasteiger partial charge in [-0.1, -0.05) is 17.7 Å². The SMILES string of the molecule is Cc1ccc(NC2CCC(C(=O)O)CC2)cc1Cl. The number of nitrogens with one attached hydrogen (secondary N) is 1. The number of hydrogen-bond acceptors (Lipinski definition) is 2. The Balaban J connectivity index is 1.91. The third kappa shape index (κ3) is 3.16. The lowest BCUT2D eigenvalue weighted by Crippen LogP contribution is -2.29. The molecule has 2 rings (SSSR count). The molecule has 98 valence electrons. The van der Waals surface area contributed by atoms with Crippen molar-refractivity contribution in [3.63, 3.8) is 0 Å². The van der Waals surface area contributed by atoms with Crippen LogP contribution in [0.5, 0.6) is 0 Å². The molecule has 3 nitrogen and oxygen atoms in total. The van der Waals surface area contributed by atoms with Crippen molar-refractivity contribution in [2.45, 2.75) is 38.6 Å². The third-order valence-electron chi connectivity index (χ3n) is 3.62. The molecule has 1 saturated carbocycles. The number of carbonyl (C=O) groups is 1. The van der Waals surface area contributed by atoms with Crippen LogP contribution in [-0.4, -0.2) is 17.1 Å². The van der Waals surface area contributed by atoms with Crippen LogP contribution >= 0.6 is 11.6 Å². The fourth-order valence-electron chi connectivity index (χ4n) is 2.40. The lowest BCUT2D eigenvalue weighted by Gasteiger charge is -2.27. The first-order valence-corrected chi connectivity index (χ1v) is 6.69. The Bertz CT molecular complexity index is 439. The summed E-state index contributed by atoms with van der Waals surface area (Å²) >= 11 is 6.08. The Morgan fingerprint density at radius 1 is 1.33 bits per heavy atom. The van der Waals surface area contributed by atoms with Crippen LogP contribution in [0.1, 0.15) is 31.2 Å². The molecule has 1 aromatic carbocycles. The molecule has 1 aliphatic rings. The molecule has 18 heavy (non-hydrogen) atoms. The number of carboxylic acids is 1. The second-order valence-corrected chi connectivity index (χ2v) is 5.40. The molecule has 0 aromatic heterocycles. The molecule has 1 fully saturated rings. The fraction of sp³-hybridized carbons (Fsp3) is 0.500. The van der Waals surface area contributed by atoms with Crippen LogP contribution in [0.3, 0.4) is 0 Å². The van der Waals surface area contributed by atoms with Gasteiger partial charge in [-0.2, -0.15) is 0 Å². The first-order chi connectivity index (χ1) is 8.56. The Morgan fingerprint density at radius 3 is 2.56 bits per heavy atom. The molecule has 0 heterocycles. The van der Waals surface area contributed by atoms with Crippen LogP contribution in [0.15, 0.2) is 18.2 Å². The van der Waals surface area contributed by atoms with E-state index >= 15 is 0 Å². The molecule has 1 aromatic rings. The highest BCUT2D eigenvalue weighted by Crippen LogP contribution is 2.28. The van der Waals surface area contributed by atoms with Gasteiger partial charge in [0, 0.05) is 16.8 Å². The molecule has 0 radical (unpaired) electrons. The van der Waals surface area contributed by atoms with E-state index < -0.39 is 5.97 Å². The van der Waals surface area contributed by atoms with Gasteiger partial charge in [-0.05, 0) is 50.3 Å². The van der Waals surface area contributed by atoms with Crippen LogP contribution < -0.4 is 5.32 Å². The number of hydrogen-bond donors (Lipinski definition) is 2. The predicted molar refractivity (Wildman–Crippen MR) is 73.2 cm³/mol. The maximum atomic E-state index is 10.9. The molecule has 1 aliphatic carbocycles. The fourth-order valence-corrected chi connectivity index (χ4v) is 2.58. The normalized spacial score (nSPS) is 23.7. The lowest BCUT2D eigenvalue weighted by atomic mass is 9.86. The molecule has 0 atom stereocenters. The number of aliphatic carboxylic acids is 1. The summed E-state index contributed by atoms with van der Waals surface area (Å²) in [4.78, 5) is 10.9. The van der Waals surface area contributed by atoms with Crippen molar-refractivity contribution < 1.29 is 9.90 Å². The quantitative estimate of drug-likeness (QED) is 0.878. The van der Waals surface area contributed by atoms with E-state index in [1.165, 1.54) is 0 Å². The van der Waals surface area contributed by atoms with Gasteiger partial charge in [0.1, 0.15) is 0 Å². The second-order valence-electron chi connectivity index (χ2n) is 5.00. The van der Waals surface area contributed by atoms with E-state index in [-0.39, 0.29) is 5.92 Å². The van der Waals surface area contributed by atoms with Crippen molar-refractivity contribution >= 4 is 23.3 Å². The predicted octanol–water partition coefficient (Wildman–Crippen LogP) is 3.70. The Kier molecular flexibility index (Phi) is 4.12. The van der Waals surface area contributed by atoms with Crippen LogP contribution in [0.25, 0.3) is 0 Å². The Hall–Kier alpha value is -1.22. The van der Waals surface area contributed by atoms with E-state index in [1.54, 1.807) is 0 Å². The molecular formula is C14H18ClNO2. The van der Waals surface area contributed by atoms with Gasteiger partial charge >= 0.3 is 5.97 Å². The van der Waals surface area contributed by atoms with Crippen molar-refractivity contribution in [1.82, 2.24) is 0 Å². The van der Waals surface area contributed by atoms with E-state index in [4.69, 9.17) is 16.7 Å². The number of carboxylic acid groups (broad SMARTS) is 1. The van der Waals surface area contributed by atoms with Gasteiger partial charge in [-0.15, -0.1) is 0 Å². The molecule has 0 unspecified atom stereocenters. The zero-order valence-corrected chi connectivity index (χ0v) is 11.2. The van der Waals surface area contributed by atoms with Gasteiger partial charge in [0.2, 0.25) is 0 Å². The minimum absolute atomic E-state index is 0.162. The van der Waals surface area contributed by atoms with Gasteiger partial charge in [0.15, 0.2) is 0 Å². The van der Waals surface area contributed by atoms with Gasteiger partial charge in [0.05, 0.1) is 5.92 Å². The molecule has 0 amide bonds. The molecule has 2 N–H and O–H groups in total. The van der Waals surface area contributed by atoms with E-state index in [0.717, 1.165) is 42.0 Å². The summed E-state index contributed by atoms with van der Waals surface area (Å²) in [7, 11) is 0. The zero-order chi connectivity index (χ0) is 13.1. The molecule has 4 heteroatoms. The number of rotatable bonds is 3. The minimum atomic E-state index is -0.660. The maximum Gasteiger partial charge on any atom is 0.306 e. The largest absolute Gasteiger partial charge is 0.481 e. The average molecular weight is 268 g/mol. The van der Waals surface area contributed by atoms with Crippen molar-refractivity contribution in [3.8, 4) is 0 Å². The Labute approximate surface area is 112 Å². The highest BCUT2D eigenvalue weighted by molar-refractivity contribution is 6.31. The third-order valence-corrected chi connectivity index (χ3v) is 4.03. The summed E-state index contributed by atoms with van der Waals surface area (Å²) in [6.45, 7) is 1.98. The van der Waals surface area contributed by atoms with Crippen LogP contribution in [0.2, 0.25) is 5.02 Å². The Morgan fingerprint density at radius 2 is 2.00 bits per heavy atom. The molecule has 0 aliphatic heterocycles. The summed E-state index contributed by atoms with van der Waals surface area (Å²) < 4.78 is 0. The first-order valence-electron chi connectivity index (χ1n) is 6.32.